The van der Waals surface area contributed by atoms with Crippen molar-refractivity contribution >= 4 is 46.4 Å². The first-order chi connectivity index (χ1) is 16.1. The van der Waals surface area contributed by atoms with Crippen molar-refractivity contribution in [1.82, 2.24) is 14.9 Å². The number of halogens is 1. The maximum atomic E-state index is 12.8. The molecule has 1 fully saturated rings. The third-order valence-electron chi connectivity index (χ3n) is 5.65. The number of thiazole rings is 1. The van der Waals surface area contributed by atoms with E-state index in [2.05, 4.69) is 21.4 Å². The van der Waals surface area contributed by atoms with Crippen molar-refractivity contribution in [1.29, 1.82) is 0 Å². The van der Waals surface area contributed by atoms with Crippen LogP contribution in [0.3, 0.4) is 0 Å². The number of carbonyl (C=O) groups excluding carboxylic acids is 2. The number of nitrogens with two attached hydrogens (primary N) is 1. The summed E-state index contributed by atoms with van der Waals surface area (Å²) in [6.45, 7) is 0.548. The molecule has 3 N–H and O–H groups in total. The molecule has 0 aliphatic carbocycles. The maximum Gasteiger partial charge on any atom is 0.254 e. The molecule has 172 valence electrons. The van der Waals surface area contributed by atoms with Crippen LogP contribution in [0.25, 0.3) is 22.4 Å². The van der Waals surface area contributed by atoms with Crippen molar-refractivity contribution in [2.24, 2.45) is 0 Å². The fourth-order valence-corrected chi connectivity index (χ4v) is 4.47. The van der Waals surface area contributed by atoms with Gasteiger partial charge in [-0.3, -0.25) is 14.6 Å². The number of benzene rings is 2. The van der Waals surface area contributed by atoms with E-state index in [4.69, 9.17) is 5.73 Å². The number of likely N-dealkylation sites (tertiary alicyclic amines) is 1. The van der Waals surface area contributed by atoms with E-state index in [9.17, 15) is 9.59 Å². The molecule has 7 nitrogen and oxygen atoms in total. The first-order valence-electron chi connectivity index (χ1n) is 10.5. The molecule has 0 saturated carbocycles. The van der Waals surface area contributed by atoms with E-state index >= 15 is 0 Å². The van der Waals surface area contributed by atoms with Gasteiger partial charge >= 0.3 is 0 Å². The number of nitrogens with one attached hydrogen (secondary N) is 1. The van der Waals surface area contributed by atoms with E-state index in [1.807, 2.05) is 35.7 Å². The molecule has 2 aromatic carbocycles. The van der Waals surface area contributed by atoms with Crippen LogP contribution < -0.4 is 11.1 Å². The lowest BCUT2D eigenvalue weighted by molar-refractivity contribution is -0.123. The lowest BCUT2D eigenvalue weighted by atomic mass is 10.0. The monoisotopic (exact) mass is 491 g/mol. The van der Waals surface area contributed by atoms with Gasteiger partial charge in [-0.15, -0.1) is 23.7 Å². The zero-order chi connectivity index (χ0) is 22.8. The lowest BCUT2D eigenvalue weighted by Crippen LogP contribution is -2.56. The Bertz CT molecular complexity index is 1310. The van der Waals surface area contributed by atoms with Gasteiger partial charge in [0, 0.05) is 41.1 Å². The van der Waals surface area contributed by atoms with Crippen LogP contribution in [0.2, 0.25) is 0 Å². The molecule has 0 unspecified atom stereocenters. The van der Waals surface area contributed by atoms with E-state index in [1.165, 1.54) is 11.3 Å². The summed E-state index contributed by atoms with van der Waals surface area (Å²) >= 11 is 1.36. The molecule has 34 heavy (non-hydrogen) atoms. The molecule has 1 saturated heterocycles. The highest BCUT2D eigenvalue weighted by Gasteiger charge is 2.38. The van der Waals surface area contributed by atoms with Crippen molar-refractivity contribution in [3.63, 3.8) is 0 Å². The van der Waals surface area contributed by atoms with Gasteiger partial charge in [-0.05, 0) is 60.0 Å². The van der Waals surface area contributed by atoms with Crippen molar-refractivity contribution in [2.75, 3.05) is 17.6 Å². The molecule has 1 aliphatic heterocycles. The summed E-state index contributed by atoms with van der Waals surface area (Å²) in [5, 5.41) is 5.30. The summed E-state index contributed by atoms with van der Waals surface area (Å²) in [5.41, 5.74) is 10.7. The van der Waals surface area contributed by atoms with Gasteiger partial charge < -0.3 is 16.0 Å². The molecule has 9 heteroatoms. The number of hydrogen-bond acceptors (Lipinski definition) is 6. The maximum absolute atomic E-state index is 12.8. The molecular weight excluding hydrogens is 470 g/mol. The van der Waals surface area contributed by atoms with E-state index in [0.717, 1.165) is 22.4 Å². The molecular formula is C25H22ClN5O2S. The minimum atomic E-state index is -0.502. The number of pyridine rings is 1. The summed E-state index contributed by atoms with van der Waals surface area (Å²) in [5.74, 6) is -0.398. The fraction of sp³-hybridized carbons (Fsp3) is 0.120. The summed E-state index contributed by atoms with van der Waals surface area (Å²) < 4.78 is 0. The van der Waals surface area contributed by atoms with E-state index in [1.54, 1.807) is 41.6 Å². The number of rotatable bonds is 5. The lowest BCUT2D eigenvalue weighted by Gasteiger charge is -2.39. The minimum absolute atomic E-state index is 0. The van der Waals surface area contributed by atoms with Crippen LogP contribution in [0.15, 0.2) is 78.4 Å². The molecule has 0 radical (unpaired) electrons. The van der Waals surface area contributed by atoms with Gasteiger partial charge in [0.25, 0.3) is 5.91 Å². The smallest absolute Gasteiger partial charge is 0.254 e. The quantitative estimate of drug-likeness (QED) is 0.393. The molecule has 0 spiro atoms. The highest BCUT2D eigenvalue weighted by atomic mass is 35.5. The molecule has 2 amide bonds. The Kier molecular flexibility index (Phi) is 6.90. The van der Waals surface area contributed by atoms with Gasteiger partial charge in [0.1, 0.15) is 6.04 Å². The van der Waals surface area contributed by atoms with Crippen molar-refractivity contribution < 1.29 is 9.59 Å². The topological polar surface area (TPSA) is 101 Å². The zero-order valence-corrected chi connectivity index (χ0v) is 19.7. The number of hydrogen-bond donors (Lipinski definition) is 2. The molecule has 5 rings (SSSR count). The second kappa shape index (κ2) is 10.0. The second-order valence-corrected chi connectivity index (χ2v) is 8.63. The highest BCUT2D eigenvalue weighted by molar-refractivity contribution is 7.14. The number of anilines is 2. The van der Waals surface area contributed by atoms with Gasteiger partial charge in [0.2, 0.25) is 5.91 Å². The van der Waals surface area contributed by atoms with E-state index < -0.39 is 6.04 Å². The number of amides is 2. The summed E-state index contributed by atoms with van der Waals surface area (Å²) in [4.78, 5) is 35.8. The van der Waals surface area contributed by atoms with Crippen LogP contribution >= 0.6 is 23.7 Å². The molecule has 4 aromatic rings. The largest absolute Gasteiger partial charge is 0.399 e. The third kappa shape index (κ3) is 4.78. The van der Waals surface area contributed by atoms with Crippen LogP contribution in [0.4, 0.5) is 10.8 Å². The Morgan fingerprint density at radius 3 is 2.44 bits per heavy atom. The van der Waals surface area contributed by atoms with Gasteiger partial charge in [-0.25, -0.2) is 4.98 Å². The Morgan fingerprint density at radius 1 is 1.00 bits per heavy atom. The third-order valence-corrected chi connectivity index (χ3v) is 6.40. The van der Waals surface area contributed by atoms with Crippen molar-refractivity contribution in [3.8, 4) is 22.4 Å². The zero-order valence-electron chi connectivity index (χ0n) is 18.0. The molecule has 1 atom stereocenters. The van der Waals surface area contributed by atoms with Crippen LogP contribution in [-0.4, -0.2) is 39.3 Å². The number of nitrogens with zero attached hydrogens (tertiary/aromatic N) is 3. The van der Waals surface area contributed by atoms with Crippen LogP contribution in [0.5, 0.6) is 0 Å². The molecule has 0 bridgehead atoms. The Labute approximate surface area is 207 Å². The Morgan fingerprint density at radius 2 is 1.74 bits per heavy atom. The number of aromatic nitrogens is 2. The van der Waals surface area contributed by atoms with Crippen LogP contribution in [0.1, 0.15) is 16.8 Å². The SMILES string of the molecule is Cl.Nc1ccc(C(=O)N2CC[C@@H]2C(=O)Nc2nc(-c3cccc(-c4ccncc4)c3)cs2)cc1. The predicted octanol–water partition coefficient (Wildman–Crippen LogP) is 4.73. The van der Waals surface area contributed by atoms with E-state index in [-0.39, 0.29) is 24.2 Å². The van der Waals surface area contributed by atoms with E-state index in [0.29, 0.717) is 29.3 Å². The first-order valence-corrected chi connectivity index (χ1v) is 11.4. The van der Waals surface area contributed by atoms with Crippen LogP contribution in [0, 0.1) is 0 Å². The second-order valence-electron chi connectivity index (χ2n) is 7.77. The Hall–Kier alpha value is -3.75. The Balaban J connectivity index is 0.00000274. The summed E-state index contributed by atoms with van der Waals surface area (Å²) in [6.07, 6.45) is 4.15. The standard InChI is InChI=1S/C25H21N5O2S.ClH/c26-20-6-4-17(5-7-20)24(32)30-13-10-22(30)23(31)29-25-28-21(15-33-25)19-3-1-2-18(14-19)16-8-11-27-12-9-16;/h1-9,11-12,14-15,22H,10,13,26H2,(H,28,29,31);1H/t22-;/m1./s1. The van der Waals surface area contributed by atoms with Gasteiger partial charge in [0.15, 0.2) is 5.13 Å². The number of carbonyl (C=O) groups is 2. The number of nitrogen functional groups attached to an aromatic ring is 1. The summed E-state index contributed by atoms with van der Waals surface area (Å²) in [7, 11) is 0. The van der Waals surface area contributed by atoms with Gasteiger partial charge in [-0.1, -0.05) is 18.2 Å². The van der Waals surface area contributed by atoms with Crippen molar-refractivity contribution in [2.45, 2.75) is 12.5 Å². The van der Waals surface area contributed by atoms with Crippen molar-refractivity contribution in [3.05, 3.63) is 84.0 Å². The predicted molar refractivity (Wildman–Crippen MR) is 137 cm³/mol. The van der Waals surface area contributed by atoms with Gasteiger partial charge in [0.05, 0.1) is 5.69 Å². The summed E-state index contributed by atoms with van der Waals surface area (Å²) in [6, 6.07) is 18.2. The minimum Gasteiger partial charge on any atom is -0.399 e. The van der Waals surface area contributed by atoms with Crippen LogP contribution in [-0.2, 0) is 4.79 Å². The van der Waals surface area contributed by atoms with Gasteiger partial charge in [-0.2, -0.15) is 0 Å². The average molecular weight is 492 g/mol. The average Bonchev–Trinajstić information content (AvgIpc) is 3.28. The normalized spacial score (nSPS) is 14.6. The molecule has 3 heterocycles. The first kappa shape index (κ1) is 23.4. The molecule has 1 aliphatic rings. The fourth-order valence-electron chi connectivity index (χ4n) is 3.75. The molecule has 2 aromatic heterocycles. The highest BCUT2D eigenvalue weighted by Crippen LogP contribution is 2.29.